The normalized spacial score (nSPS) is 10.2. The molecule has 0 saturated carbocycles. The molecule has 2 aromatic rings. The summed E-state index contributed by atoms with van der Waals surface area (Å²) in [5, 5.41) is 3.76. The second-order valence-electron chi connectivity index (χ2n) is 2.75. The van der Waals surface area contributed by atoms with Crippen LogP contribution in [0, 0.1) is 6.92 Å². The van der Waals surface area contributed by atoms with Gasteiger partial charge in [-0.3, -0.25) is 4.98 Å². The molecule has 0 atom stereocenters. The number of nitrogens with zero attached hydrogens (tertiary/aromatic N) is 2. The molecule has 0 aliphatic rings. The van der Waals surface area contributed by atoms with Crippen LogP contribution >= 0.6 is 0 Å². The lowest BCUT2D eigenvalue weighted by Crippen LogP contribution is -1.87. The highest BCUT2D eigenvalue weighted by atomic mass is 16.5. The predicted molar refractivity (Wildman–Crippen MR) is 48.9 cm³/mol. The van der Waals surface area contributed by atoms with Gasteiger partial charge in [-0.15, -0.1) is 0 Å². The van der Waals surface area contributed by atoms with E-state index in [1.165, 1.54) is 0 Å². The maximum Gasteiger partial charge on any atom is 0.191 e. The highest BCUT2D eigenvalue weighted by Crippen LogP contribution is 2.26. The van der Waals surface area contributed by atoms with E-state index in [9.17, 15) is 0 Å². The Labute approximate surface area is 75.4 Å². The number of nitrogen functional groups attached to an aromatic ring is 1. The molecular weight excluding hydrogens is 166 g/mol. The zero-order chi connectivity index (χ0) is 9.26. The molecule has 0 aromatic carbocycles. The number of anilines is 1. The topological polar surface area (TPSA) is 64.9 Å². The highest BCUT2D eigenvalue weighted by molar-refractivity contribution is 5.71. The minimum absolute atomic E-state index is 0.577. The van der Waals surface area contributed by atoms with Gasteiger partial charge in [-0.1, -0.05) is 5.16 Å². The number of pyridine rings is 1. The van der Waals surface area contributed by atoms with Gasteiger partial charge in [0.1, 0.15) is 11.4 Å². The molecule has 2 heterocycles. The third kappa shape index (κ3) is 1.26. The van der Waals surface area contributed by atoms with Crippen molar-refractivity contribution in [2.45, 2.75) is 6.92 Å². The Kier molecular flexibility index (Phi) is 1.73. The average molecular weight is 175 g/mol. The summed E-state index contributed by atoms with van der Waals surface area (Å²) in [6, 6.07) is 3.70. The second kappa shape index (κ2) is 2.90. The molecule has 0 fully saturated rings. The van der Waals surface area contributed by atoms with Gasteiger partial charge < -0.3 is 10.3 Å². The van der Waals surface area contributed by atoms with Gasteiger partial charge in [0.05, 0.1) is 0 Å². The molecule has 4 nitrogen and oxygen atoms in total. The van der Waals surface area contributed by atoms with E-state index in [0.717, 1.165) is 5.56 Å². The van der Waals surface area contributed by atoms with Gasteiger partial charge in [0.15, 0.2) is 5.76 Å². The van der Waals surface area contributed by atoms with Crippen molar-refractivity contribution in [2.24, 2.45) is 0 Å². The molecule has 0 radical (unpaired) electrons. The van der Waals surface area contributed by atoms with Crippen LogP contribution < -0.4 is 5.73 Å². The Bertz CT molecular complexity index is 408. The van der Waals surface area contributed by atoms with Gasteiger partial charge in [0.2, 0.25) is 0 Å². The monoisotopic (exact) mass is 175 g/mol. The lowest BCUT2D eigenvalue weighted by atomic mass is 10.2. The lowest BCUT2D eigenvalue weighted by molar-refractivity contribution is 0.427. The lowest BCUT2D eigenvalue weighted by Gasteiger charge is -1.94. The number of rotatable bonds is 1. The van der Waals surface area contributed by atoms with Gasteiger partial charge >= 0.3 is 0 Å². The van der Waals surface area contributed by atoms with Crippen LogP contribution in [0.5, 0.6) is 0 Å². The Morgan fingerprint density at radius 1 is 1.46 bits per heavy atom. The summed E-state index contributed by atoms with van der Waals surface area (Å²) in [5.74, 6) is 0.589. The number of hydrogen-bond donors (Lipinski definition) is 1. The summed E-state index contributed by atoms with van der Waals surface area (Å²) >= 11 is 0. The van der Waals surface area contributed by atoms with Crippen LogP contribution in [0.3, 0.4) is 0 Å². The predicted octanol–water partition coefficient (Wildman–Crippen LogP) is 1.63. The fraction of sp³-hybridized carbons (Fsp3) is 0.111. The maximum atomic E-state index is 5.75. The molecule has 0 aliphatic heterocycles. The SMILES string of the molecule is Cc1noc(-c2cccnc2)c1N. The molecule has 0 saturated heterocycles. The van der Waals surface area contributed by atoms with Gasteiger partial charge in [0.25, 0.3) is 0 Å². The molecule has 66 valence electrons. The Balaban J connectivity index is 2.53. The van der Waals surface area contributed by atoms with Crippen molar-refractivity contribution in [1.29, 1.82) is 0 Å². The zero-order valence-electron chi connectivity index (χ0n) is 7.19. The smallest absolute Gasteiger partial charge is 0.191 e. The Morgan fingerprint density at radius 2 is 2.31 bits per heavy atom. The van der Waals surface area contributed by atoms with E-state index in [1.54, 1.807) is 19.3 Å². The molecule has 2 aromatic heterocycles. The van der Waals surface area contributed by atoms with Crippen molar-refractivity contribution in [3.8, 4) is 11.3 Å². The number of nitrogens with two attached hydrogens (primary N) is 1. The van der Waals surface area contributed by atoms with E-state index in [1.807, 2.05) is 12.1 Å². The van der Waals surface area contributed by atoms with E-state index in [-0.39, 0.29) is 0 Å². The molecule has 4 heteroatoms. The van der Waals surface area contributed by atoms with Gasteiger partial charge in [-0.05, 0) is 19.1 Å². The molecule has 0 amide bonds. The van der Waals surface area contributed by atoms with Gasteiger partial charge in [0, 0.05) is 18.0 Å². The third-order valence-electron chi connectivity index (χ3n) is 1.83. The molecule has 0 unspecified atom stereocenters. The van der Waals surface area contributed by atoms with E-state index in [4.69, 9.17) is 10.3 Å². The summed E-state index contributed by atoms with van der Waals surface area (Å²) in [5.41, 5.74) is 7.88. The molecule has 0 spiro atoms. The average Bonchev–Trinajstić information content (AvgIpc) is 2.49. The van der Waals surface area contributed by atoms with Crippen molar-refractivity contribution >= 4 is 5.69 Å². The van der Waals surface area contributed by atoms with Crippen molar-refractivity contribution in [1.82, 2.24) is 10.1 Å². The Hall–Kier alpha value is -1.84. The van der Waals surface area contributed by atoms with Crippen LogP contribution in [0.4, 0.5) is 5.69 Å². The summed E-state index contributed by atoms with van der Waals surface area (Å²) in [4.78, 5) is 3.97. The van der Waals surface area contributed by atoms with Crippen LogP contribution in [-0.2, 0) is 0 Å². The van der Waals surface area contributed by atoms with Crippen molar-refractivity contribution in [3.05, 3.63) is 30.2 Å². The van der Waals surface area contributed by atoms with Crippen LogP contribution in [0.1, 0.15) is 5.69 Å². The zero-order valence-corrected chi connectivity index (χ0v) is 7.19. The number of aryl methyl sites for hydroxylation is 1. The first-order chi connectivity index (χ1) is 6.29. The van der Waals surface area contributed by atoms with E-state index >= 15 is 0 Å². The van der Waals surface area contributed by atoms with Crippen molar-refractivity contribution < 1.29 is 4.52 Å². The first kappa shape index (κ1) is 7.79. The van der Waals surface area contributed by atoms with Crippen LogP contribution in [-0.4, -0.2) is 10.1 Å². The fourth-order valence-corrected chi connectivity index (χ4v) is 1.08. The van der Waals surface area contributed by atoms with Gasteiger partial charge in [-0.2, -0.15) is 0 Å². The van der Waals surface area contributed by atoms with E-state index < -0.39 is 0 Å². The molecular formula is C9H9N3O. The summed E-state index contributed by atoms with van der Waals surface area (Å²) in [6.45, 7) is 1.80. The van der Waals surface area contributed by atoms with Crippen LogP contribution in [0.15, 0.2) is 29.0 Å². The van der Waals surface area contributed by atoms with E-state index in [2.05, 4.69) is 10.1 Å². The molecule has 13 heavy (non-hydrogen) atoms. The Morgan fingerprint density at radius 3 is 2.85 bits per heavy atom. The first-order valence-corrected chi connectivity index (χ1v) is 3.91. The molecule has 0 aliphatic carbocycles. The van der Waals surface area contributed by atoms with Gasteiger partial charge in [-0.25, -0.2) is 0 Å². The summed E-state index contributed by atoms with van der Waals surface area (Å²) in [7, 11) is 0. The quantitative estimate of drug-likeness (QED) is 0.715. The molecule has 2 N–H and O–H groups in total. The molecule has 0 bridgehead atoms. The van der Waals surface area contributed by atoms with Crippen molar-refractivity contribution in [3.63, 3.8) is 0 Å². The third-order valence-corrected chi connectivity index (χ3v) is 1.83. The van der Waals surface area contributed by atoms with Crippen molar-refractivity contribution in [2.75, 3.05) is 5.73 Å². The number of aromatic nitrogens is 2. The largest absolute Gasteiger partial charge is 0.394 e. The number of hydrogen-bond acceptors (Lipinski definition) is 4. The second-order valence-corrected chi connectivity index (χ2v) is 2.75. The standard InChI is InChI=1S/C9H9N3O/c1-6-8(10)9(13-12-6)7-3-2-4-11-5-7/h2-5H,10H2,1H3. The minimum Gasteiger partial charge on any atom is -0.394 e. The van der Waals surface area contributed by atoms with E-state index in [0.29, 0.717) is 17.1 Å². The van der Waals surface area contributed by atoms with Crippen LogP contribution in [0.25, 0.3) is 11.3 Å². The first-order valence-electron chi connectivity index (χ1n) is 3.91. The maximum absolute atomic E-state index is 5.75. The molecule has 2 rings (SSSR count). The summed E-state index contributed by atoms with van der Waals surface area (Å²) < 4.78 is 5.07. The minimum atomic E-state index is 0.577. The van der Waals surface area contributed by atoms with Crippen LogP contribution in [0.2, 0.25) is 0 Å². The highest BCUT2D eigenvalue weighted by Gasteiger charge is 2.10. The fourth-order valence-electron chi connectivity index (χ4n) is 1.08. The summed E-state index contributed by atoms with van der Waals surface area (Å²) in [6.07, 6.45) is 3.39.